The lowest BCUT2D eigenvalue weighted by molar-refractivity contribution is 0.0784. The smallest absolute Gasteiger partial charge is 0.263 e. The molecule has 1 aliphatic rings. The summed E-state index contributed by atoms with van der Waals surface area (Å²) in [6.07, 6.45) is 0. The number of carbonyl (C=O) groups is 1. The van der Waals surface area contributed by atoms with Crippen molar-refractivity contribution in [1.29, 1.82) is 0 Å². The second kappa shape index (κ2) is 6.89. The lowest BCUT2D eigenvalue weighted by Crippen LogP contribution is -2.32. The number of nitrogens with zero attached hydrogens (tertiary/aromatic N) is 2. The SMILES string of the molecule is CCN(C)C[C@@H]1CN(C(=O)c2ccc(Cl)s2)C[C@@H]1CO. The Bertz CT molecular complexity index is 466. The van der Waals surface area contributed by atoms with Crippen LogP contribution in [-0.4, -0.2) is 60.6 Å². The summed E-state index contributed by atoms with van der Waals surface area (Å²) in [6.45, 7) is 5.48. The van der Waals surface area contributed by atoms with E-state index >= 15 is 0 Å². The highest BCUT2D eigenvalue weighted by Gasteiger charge is 2.35. The first kappa shape index (κ1) is 15.8. The zero-order valence-electron chi connectivity index (χ0n) is 11.9. The van der Waals surface area contributed by atoms with E-state index in [0.29, 0.717) is 28.2 Å². The third-order valence-electron chi connectivity index (χ3n) is 3.97. The molecule has 0 unspecified atom stereocenters. The van der Waals surface area contributed by atoms with Crippen molar-refractivity contribution in [3.05, 3.63) is 21.3 Å². The Kier molecular flexibility index (Phi) is 5.43. The van der Waals surface area contributed by atoms with E-state index in [1.807, 2.05) is 4.90 Å². The van der Waals surface area contributed by atoms with Crippen molar-refractivity contribution in [3.63, 3.8) is 0 Å². The van der Waals surface area contributed by atoms with E-state index < -0.39 is 0 Å². The predicted octanol–water partition coefficient (Wildman–Crippen LogP) is 2.03. The third kappa shape index (κ3) is 3.52. The van der Waals surface area contributed by atoms with Crippen LogP contribution in [0.5, 0.6) is 0 Å². The van der Waals surface area contributed by atoms with Crippen LogP contribution in [-0.2, 0) is 0 Å². The number of aliphatic hydroxyl groups excluding tert-OH is 1. The number of hydrogen-bond donors (Lipinski definition) is 1. The molecule has 0 aromatic carbocycles. The van der Waals surface area contributed by atoms with E-state index in [9.17, 15) is 9.90 Å². The second-order valence-electron chi connectivity index (χ2n) is 5.37. The summed E-state index contributed by atoms with van der Waals surface area (Å²) >= 11 is 7.20. The quantitative estimate of drug-likeness (QED) is 0.904. The standard InChI is InChI=1S/C14H21ClN2O2S/c1-3-16(2)6-10-7-17(8-11(10)9-18)14(19)12-4-5-13(15)20-12/h4-5,10-11,18H,3,6-9H2,1-2H3/t10-,11-/m1/s1. The van der Waals surface area contributed by atoms with E-state index in [4.69, 9.17) is 11.6 Å². The van der Waals surface area contributed by atoms with Gasteiger partial charge in [-0.05, 0) is 31.6 Å². The first-order chi connectivity index (χ1) is 9.55. The first-order valence-electron chi connectivity index (χ1n) is 6.89. The second-order valence-corrected chi connectivity index (χ2v) is 7.09. The van der Waals surface area contributed by atoms with Gasteiger partial charge < -0.3 is 14.9 Å². The molecule has 2 atom stereocenters. The summed E-state index contributed by atoms with van der Waals surface area (Å²) in [5.41, 5.74) is 0. The number of rotatable bonds is 5. The molecule has 0 radical (unpaired) electrons. The minimum absolute atomic E-state index is 0.0296. The number of halogens is 1. The molecular weight excluding hydrogens is 296 g/mol. The van der Waals surface area contributed by atoms with Crippen molar-refractivity contribution < 1.29 is 9.90 Å². The molecule has 1 fully saturated rings. The fourth-order valence-corrected chi connectivity index (χ4v) is 3.64. The summed E-state index contributed by atoms with van der Waals surface area (Å²) in [6, 6.07) is 3.52. The Hall–Kier alpha value is -0.620. The van der Waals surface area contributed by atoms with Gasteiger partial charge in [0.05, 0.1) is 9.21 Å². The lowest BCUT2D eigenvalue weighted by atomic mass is 9.96. The normalized spacial score (nSPS) is 22.8. The highest BCUT2D eigenvalue weighted by Crippen LogP contribution is 2.28. The molecule has 2 heterocycles. The number of likely N-dealkylation sites (tertiary alicyclic amines) is 1. The van der Waals surface area contributed by atoms with E-state index in [1.165, 1.54) is 11.3 Å². The van der Waals surface area contributed by atoms with Gasteiger partial charge >= 0.3 is 0 Å². The molecule has 0 saturated carbocycles. The van der Waals surface area contributed by atoms with Gasteiger partial charge in [0.2, 0.25) is 0 Å². The maximum absolute atomic E-state index is 12.4. The minimum Gasteiger partial charge on any atom is -0.396 e. The van der Waals surface area contributed by atoms with Crippen LogP contribution >= 0.6 is 22.9 Å². The van der Waals surface area contributed by atoms with Crippen LogP contribution in [0.3, 0.4) is 0 Å². The van der Waals surface area contributed by atoms with Crippen LogP contribution in [0.4, 0.5) is 0 Å². The van der Waals surface area contributed by atoms with Gasteiger partial charge in [0.25, 0.3) is 5.91 Å². The van der Waals surface area contributed by atoms with Gasteiger partial charge in [0.1, 0.15) is 0 Å². The summed E-state index contributed by atoms with van der Waals surface area (Å²) in [5.74, 6) is 0.537. The van der Waals surface area contributed by atoms with Crippen molar-refractivity contribution in [2.24, 2.45) is 11.8 Å². The van der Waals surface area contributed by atoms with Gasteiger partial charge in [-0.2, -0.15) is 0 Å². The molecule has 0 bridgehead atoms. The molecule has 112 valence electrons. The van der Waals surface area contributed by atoms with Gasteiger partial charge in [0.15, 0.2) is 0 Å². The summed E-state index contributed by atoms with van der Waals surface area (Å²) < 4.78 is 0.633. The number of aliphatic hydroxyl groups is 1. The monoisotopic (exact) mass is 316 g/mol. The molecule has 1 aromatic heterocycles. The highest BCUT2D eigenvalue weighted by atomic mass is 35.5. The maximum Gasteiger partial charge on any atom is 0.263 e. The predicted molar refractivity (Wildman–Crippen MR) is 82.5 cm³/mol. The van der Waals surface area contributed by atoms with Crippen LogP contribution in [0.2, 0.25) is 4.34 Å². The number of hydrogen-bond acceptors (Lipinski definition) is 4. The molecule has 1 amide bonds. The molecule has 2 rings (SSSR count). The molecule has 6 heteroatoms. The fraction of sp³-hybridized carbons (Fsp3) is 0.643. The summed E-state index contributed by atoms with van der Waals surface area (Å²) in [7, 11) is 2.07. The number of thiophene rings is 1. The number of carbonyl (C=O) groups excluding carboxylic acids is 1. The van der Waals surface area contributed by atoms with E-state index in [2.05, 4.69) is 18.9 Å². The van der Waals surface area contributed by atoms with Crippen LogP contribution in [0.25, 0.3) is 0 Å². The molecule has 1 aromatic rings. The Morgan fingerprint density at radius 1 is 1.50 bits per heavy atom. The van der Waals surface area contributed by atoms with Crippen LogP contribution in [0, 0.1) is 11.8 Å². The molecule has 4 nitrogen and oxygen atoms in total. The Labute approximate surface area is 128 Å². The molecular formula is C14H21ClN2O2S. The van der Waals surface area contributed by atoms with E-state index in [-0.39, 0.29) is 18.4 Å². The Morgan fingerprint density at radius 3 is 2.75 bits per heavy atom. The molecule has 0 aliphatic carbocycles. The lowest BCUT2D eigenvalue weighted by Gasteiger charge is -2.22. The molecule has 1 saturated heterocycles. The molecule has 1 aliphatic heterocycles. The average molecular weight is 317 g/mol. The largest absolute Gasteiger partial charge is 0.396 e. The third-order valence-corrected chi connectivity index (χ3v) is 5.19. The summed E-state index contributed by atoms with van der Waals surface area (Å²) in [4.78, 5) is 17.2. The fourth-order valence-electron chi connectivity index (χ4n) is 2.63. The van der Waals surface area contributed by atoms with Crippen LogP contribution in [0.1, 0.15) is 16.6 Å². The van der Waals surface area contributed by atoms with Crippen molar-refractivity contribution in [2.45, 2.75) is 6.92 Å². The van der Waals surface area contributed by atoms with Crippen molar-refractivity contribution >= 4 is 28.8 Å². The van der Waals surface area contributed by atoms with Crippen LogP contribution < -0.4 is 0 Å². The van der Waals surface area contributed by atoms with Crippen molar-refractivity contribution in [2.75, 3.05) is 39.8 Å². The average Bonchev–Trinajstić information content (AvgIpc) is 3.04. The van der Waals surface area contributed by atoms with Gasteiger partial charge in [-0.15, -0.1) is 11.3 Å². The number of amides is 1. The van der Waals surface area contributed by atoms with Crippen LogP contribution in [0.15, 0.2) is 12.1 Å². The van der Waals surface area contributed by atoms with Gasteiger partial charge in [-0.1, -0.05) is 18.5 Å². The Balaban J connectivity index is 2.02. The van der Waals surface area contributed by atoms with Crippen molar-refractivity contribution in [1.82, 2.24) is 9.80 Å². The van der Waals surface area contributed by atoms with Gasteiger partial charge in [-0.3, -0.25) is 4.79 Å². The van der Waals surface area contributed by atoms with Crippen molar-refractivity contribution in [3.8, 4) is 0 Å². The molecule has 20 heavy (non-hydrogen) atoms. The highest BCUT2D eigenvalue weighted by molar-refractivity contribution is 7.17. The molecule has 1 N–H and O–H groups in total. The minimum atomic E-state index is 0.0296. The van der Waals surface area contributed by atoms with Gasteiger partial charge in [-0.25, -0.2) is 0 Å². The van der Waals surface area contributed by atoms with E-state index in [0.717, 1.165) is 13.1 Å². The van der Waals surface area contributed by atoms with Gasteiger partial charge in [0, 0.05) is 32.2 Å². The zero-order chi connectivity index (χ0) is 14.7. The zero-order valence-corrected chi connectivity index (χ0v) is 13.5. The topological polar surface area (TPSA) is 43.8 Å². The van der Waals surface area contributed by atoms with E-state index in [1.54, 1.807) is 12.1 Å². The summed E-state index contributed by atoms with van der Waals surface area (Å²) in [5, 5.41) is 9.52. The first-order valence-corrected chi connectivity index (χ1v) is 8.08. The molecule has 0 spiro atoms. The maximum atomic E-state index is 12.4. The Morgan fingerprint density at radius 2 is 2.20 bits per heavy atom.